The summed E-state index contributed by atoms with van der Waals surface area (Å²) >= 11 is 0. The van der Waals surface area contributed by atoms with Gasteiger partial charge in [-0.25, -0.2) is 0 Å². The summed E-state index contributed by atoms with van der Waals surface area (Å²) in [5, 5.41) is 12.5. The van der Waals surface area contributed by atoms with Crippen molar-refractivity contribution in [2.24, 2.45) is 5.41 Å². The van der Waals surface area contributed by atoms with E-state index in [1.807, 2.05) is 12.1 Å². The Bertz CT molecular complexity index is 1080. The molecule has 0 amide bonds. The van der Waals surface area contributed by atoms with E-state index in [1.54, 1.807) is 0 Å². The SMILES string of the molecule is CCN(CC)c1cccc(OCCC[N+]23CCC(C(O)(c4ccccc4)c4ccccc4)(CC2)CC3)c1. The molecule has 3 aromatic rings. The summed E-state index contributed by atoms with van der Waals surface area (Å²) in [5.41, 5.74) is 2.23. The van der Waals surface area contributed by atoms with E-state index in [0.717, 1.165) is 88.4 Å². The van der Waals surface area contributed by atoms with Gasteiger partial charge in [-0.15, -0.1) is 0 Å². The van der Waals surface area contributed by atoms with Gasteiger partial charge in [-0.05, 0) is 37.1 Å². The average molecular weight is 500 g/mol. The standard InChI is InChI=1S/C33H43N2O2/c1-3-34(4-2)30-17-11-18-31(27-30)37-26-12-22-35-23-19-32(20-24-35,21-25-35)33(36,28-13-7-5-8-14-28)29-15-9-6-10-16-29/h5-11,13-18,27,36H,3-4,12,19-26H2,1-2H3/q+1. The molecule has 0 aliphatic carbocycles. The number of fused-ring (bicyclic) bond motifs is 3. The summed E-state index contributed by atoms with van der Waals surface area (Å²) in [6.45, 7) is 11.7. The fourth-order valence-corrected chi connectivity index (χ4v) is 7.03. The summed E-state index contributed by atoms with van der Waals surface area (Å²) in [4.78, 5) is 2.35. The maximum atomic E-state index is 12.5. The minimum Gasteiger partial charge on any atom is -0.493 e. The lowest BCUT2D eigenvalue weighted by Crippen LogP contribution is -2.66. The van der Waals surface area contributed by atoms with Crippen LogP contribution in [0.25, 0.3) is 0 Å². The zero-order chi connectivity index (χ0) is 25.8. The van der Waals surface area contributed by atoms with Crippen molar-refractivity contribution in [3.8, 4) is 5.75 Å². The molecule has 2 bridgehead atoms. The molecular weight excluding hydrogens is 456 g/mol. The van der Waals surface area contributed by atoms with Gasteiger partial charge >= 0.3 is 0 Å². The van der Waals surface area contributed by atoms with Crippen molar-refractivity contribution in [3.63, 3.8) is 0 Å². The number of quaternary nitrogens is 1. The molecule has 0 radical (unpaired) electrons. The zero-order valence-electron chi connectivity index (χ0n) is 22.6. The van der Waals surface area contributed by atoms with Gasteiger partial charge in [0.25, 0.3) is 0 Å². The van der Waals surface area contributed by atoms with Crippen LogP contribution >= 0.6 is 0 Å². The van der Waals surface area contributed by atoms with Crippen LogP contribution in [0.5, 0.6) is 5.75 Å². The highest BCUT2D eigenvalue weighted by atomic mass is 16.5. The highest BCUT2D eigenvalue weighted by Crippen LogP contribution is 2.57. The number of hydrogen-bond acceptors (Lipinski definition) is 3. The van der Waals surface area contributed by atoms with Crippen molar-refractivity contribution >= 4 is 5.69 Å². The summed E-state index contributed by atoms with van der Waals surface area (Å²) < 4.78 is 7.36. The average Bonchev–Trinajstić information content (AvgIpc) is 2.98. The van der Waals surface area contributed by atoms with Crippen LogP contribution in [0, 0.1) is 5.41 Å². The van der Waals surface area contributed by atoms with E-state index < -0.39 is 5.60 Å². The van der Waals surface area contributed by atoms with E-state index in [2.05, 4.69) is 91.5 Å². The normalized spacial score (nSPS) is 23.1. The predicted molar refractivity (Wildman–Crippen MR) is 152 cm³/mol. The number of aliphatic hydroxyl groups is 1. The van der Waals surface area contributed by atoms with Crippen molar-refractivity contribution in [2.75, 3.05) is 50.8 Å². The van der Waals surface area contributed by atoms with Crippen LogP contribution in [-0.4, -0.2) is 55.5 Å². The molecule has 0 atom stereocenters. The molecule has 3 aliphatic heterocycles. The third-order valence-electron chi connectivity index (χ3n) is 9.34. The fraction of sp³-hybridized carbons (Fsp3) is 0.455. The third kappa shape index (κ3) is 4.89. The van der Waals surface area contributed by atoms with Crippen LogP contribution in [0.2, 0.25) is 0 Å². The van der Waals surface area contributed by atoms with Gasteiger partial charge < -0.3 is 19.2 Å². The molecule has 0 aromatic heterocycles. The van der Waals surface area contributed by atoms with Crippen molar-refractivity contribution in [1.82, 2.24) is 0 Å². The molecule has 4 heteroatoms. The highest BCUT2D eigenvalue weighted by Gasteiger charge is 2.60. The van der Waals surface area contributed by atoms with Gasteiger partial charge in [0.15, 0.2) is 0 Å². The maximum absolute atomic E-state index is 12.5. The molecule has 37 heavy (non-hydrogen) atoms. The van der Waals surface area contributed by atoms with Crippen LogP contribution in [0.4, 0.5) is 5.69 Å². The van der Waals surface area contributed by atoms with Gasteiger partial charge in [-0.2, -0.15) is 0 Å². The highest BCUT2D eigenvalue weighted by molar-refractivity contribution is 5.50. The lowest BCUT2D eigenvalue weighted by atomic mass is 9.56. The number of anilines is 1. The first-order valence-corrected chi connectivity index (χ1v) is 14.2. The Morgan fingerprint density at radius 3 is 1.92 bits per heavy atom. The Balaban J connectivity index is 1.23. The van der Waals surface area contributed by atoms with Crippen molar-refractivity contribution in [2.45, 2.75) is 45.1 Å². The van der Waals surface area contributed by atoms with Gasteiger partial charge in [-0.1, -0.05) is 66.7 Å². The smallest absolute Gasteiger partial charge is 0.121 e. The van der Waals surface area contributed by atoms with E-state index in [9.17, 15) is 5.11 Å². The Hall–Kier alpha value is -2.82. The number of hydrogen-bond donors (Lipinski definition) is 1. The number of rotatable bonds is 11. The van der Waals surface area contributed by atoms with E-state index >= 15 is 0 Å². The molecule has 3 fully saturated rings. The molecule has 3 aromatic carbocycles. The minimum absolute atomic E-state index is 0.114. The first-order chi connectivity index (χ1) is 18.0. The predicted octanol–water partition coefficient (Wildman–Crippen LogP) is 6.24. The Kier molecular flexibility index (Phi) is 7.60. The largest absolute Gasteiger partial charge is 0.493 e. The van der Waals surface area contributed by atoms with E-state index in [0.29, 0.717) is 0 Å². The summed E-state index contributed by atoms with van der Waals surface area (Å²) in [5.74, 6) is 0.969. The molecule has 1 N–H and O–H groups in total. The van der Waals surface area contributed by atoms with Crippen LogP contribution in [0.3, 0.4) is 0 Å². The Morgan fingerprint density at radius 1 is 0.811 bits per heavy atom. The van der Waals surface area contributed by atoms with Gasteiger partial charge in [0, 0.05) is 55.9 Å². The first kappa shape index (κ1) is 25.8. The molecule has 0 unspecified atom stereocenters. The second-order valence-electron chi connectivity index (χ2n) is 11.1. The van der Waals surface area contributed by atoms with Gasteiger partial charge in [0.2, 0.25) is 0 Å². The summed E-state index contributed by atoms with van der Waals surface area (Å²) in [6.07, 6.45) is 4.23. The number of ether oxygens (including phenoxy) is 1. The quantitative estimate of drug-likeness (QED) is 0.250. The Labute approximate surface area is 223 Å². The molecule has 3 heterocycles. The first-order valence-electron chi connectivity index (χ1n) is 14.2. The lowest BCUT2D eigenvalue weighted by molar-refractivity contribution is -0.946. The molecule has 3 saturated heterocycles. The molecule has 196 valence electrons. The minimum atomic E-state index is -0.953. The Morgan fingerprint density at radius 2 is 1.38 bits per heavy atom. The van der Waals surface area contributed by atoms with E-state index in [-0.39, 0.29) is 5.41 Å². The van der Waals surface area contributed by atoms with E-state index in [4.69, 9.17) is 4.74 Å². The van der Waals surface area contributed by atoms with Crippen molar-refractivity contribution < 1.29 is 14.3 Å². The topological polar surface area (TPSA) is 32.7 Å². The van der Waals surface area contributed by atoms with Crippen molar-refractivity contribution in [1.29, 1.82) is 0 Å². The van der Waals surface area contributed by atoms with Crippen LogP contribution in [0.15, 0.2) is 84.9 Å². The molecule has 6 rings (SSSR count). The summed E-state index contributed by atoms with van der Waals surface area (Å²) in [6, 6.07) is 29.3. The lowest BCUT2D eigenvalue weighted by Gasteiger charge is -2.60. The number of piperidine rings is 3. The van der Waals surface area contributed by atoms with Gasteiger partial charge in [-0.3, -0.25) is 0 Å². The van der Waals surface area contributed by atoms with Gasteiger partial charge in [0.1, 0.15) is 11.4 Å². The third-order valence-corrected chi connectivity index (χ3v) is 9.34. The molecule has 0 spiro atoms. The van der Waals surface area contributed by atoms with Crippen LogP contribution in [0.1, 0.15) is 50.7 Å². The van der Waals surface area contributed by atoms with Crippen LogP contribution < -0.4 is 9.64 Å². The zero-order valence-corrected chi connectivity index (χ0v) is 22.6. The fourth-order valence-electron chi connectivity index (χ4n) is 7.03. The maximum Gasteiger partial charge on any atom is 0.121 e. The second-order valence-corrected chi connectivity index (χ2v) is 11.1. The van der Waals surface area contributed by atoms with Gasteiger partial charge in [0.05, 0.1) is 32.8 Å². The van der Waals surface area contributed by atoms with Crippen molar-refractivity contribution in [3.05, 3.63) is 96.1 Å². The summed E-state index contributed by atoms with van der Waals surface area (Å²) in [7, 11) is 0. The monoisotopic (exact) mass is 499 g/mol. The molecule has 0 saturated carbocycles. The number of benzene rings is 3. The van der Waals surface area contributed by atoms with Crippen LogP contribution in [-0.2, 0) is 5.60 Å². The second kappa shape index (κ2) is 10.9. The number of nitrogens with zero attached hydrogens (tertiary/aromatic N) is 2. The van der Waals surface area contributed by atoms with E-state index in [1.165, 1.54) is 10.2 Å². The molecule has 4 nitrogen and oxygen atoms in total. The molecular formula is C33H43N2O2+. The molecule has 3 aliphatic rings.